The maximum Gasteiger partial charge on any atom is 0.214 e. The second-order valence-corrected chi connectivity index (χ2v) is 6.99. The standard InChI is InChI=1S/C17H16N4S/c1-10-6-7-13(11(2)8-10)15-14(9-18)21-17(19-15)22-16(20-21)12-4-3-5-12/h6-8,12H,3-5H2,1-2H3. The summed E-state index contributed by atoms with van der Waals surface area (Å²) in [4.78, 5) is 5.53. The lowest BCUT2D eigenvalue weighted by molar-refractivity contribution is 0.415. The zero-order valence-electron chi connectivity index (χ0n) is 12.6. The van der Waals surface area contributed by atoms with Crippen LogP contribution in [0.4, 0.5) is 0 Å². The number of rotatable bonds is 2. The molecule has 110 valence electrons. The molecule has 1 aromatic carbocycles. The van der Waals surface area contributed by atoms with Crippen LogP contribution in [0.5, 0.6) is 0 Å². The molecule has 2 aromatic heterocycles. The van der Waals surface area contributed by atoms with Gasteiger partial charge >= 0.3 is 0 Å². The van der Waals surface area contributed by atoms with Crippen molar-refractivity contribution in [3.05, 3.63) is 40.0 Å². The Balaban J connectivity index is 1.87. The van der Waals surface area contributed by atoms with Crippen LogP contribution < -0.4 is 0 Å². The highest BCUT2D eigenvalue weighted by molar-refractivity contribution is 7.16. The van der Waals surface area contributed by atoms with Crippen LogP contribution in [-0.4, -0.2) is 14.6 Å². The Bertz CT molecular complexity index is 909. The molecule has 1 saturated carbocycles. The van der Waals surface area contributed by atoms with Crippen LogP contribution in [0.15, 0.2) is 18.2 Å². The summed E-state index contributed by atoms with van der Waals surface area (Å²) in [6, 6.07) is 8.52. The van der Waals surface area contributed by atoms with Crippen molar-refractivity contribution < 1.29 is 0 Å². The maximum absolute atomic E-state index is 9.58. The first-order valence-corrected chi connectivity index (χ1v) is 8.36. The highest BCUT2D eigenvalue weighted by Crippen LogP contribution is 2.39. The van der Waals surface area contributed by atoms with Crippen molar-refractivity contribution in [3.8, 4) is 17.3 Å². The summed E-state index contributed by atoms with van der Waals surface area (Å²) in [5, 5.41) is 15.4. The number of hydrogen-bond acceptors (Lipinski definition) is 4. The summed E-state index contributed by atoms with van der Waals surface area (Å²) in [7, 11) is 0. The first kappa shape index (κ1) is 13.5. The fraction of sp³-hybridized carbons (Fsp3) is 0.353. The molecule has 22 heavy (non-hydrogen) atoms. The quantitative estimate of drug-likeness (QED) is 0.712. The summed E-state index contributed by atoms with van der Waals surface area (Å²) in [6.45, 7) is 4.13. The monoisotopic (exact) mass is 308 g/mol. The minimum absolute atomic E-state index is 0.545. The van der Waals surface area contributed by atoms with E-state index in [1.165, 1.54) is 24.8 Å². The number of aromatic nitrogens is 3. The van der Waals surface area contributed by atoms with Gasteiger partial charge in [-0.25, -0.2) is 4.98 Å². The Labute approximate surface area is 133 Å². The van der Waals surface area contributed by atoms with E-state index in [1.54, 1.807) is 15.9 Å². The molecule has 5 heteroatoms. The van der Waals surface area contributed by atoms with Crippen LogP contribution in [0.1, 0.15) is 47.0 Å². The number of imidazole rings is 1. The summed E-state index contributed by atoms with van der Waals surface area (Å²) in [5.74, 6) is 0.572. The van der Waals surface area contributed by atoms with Crippen LogP contribution in [0.2, 0.25) is 0 Å². The fourth-order valence-electron chi connectivity index (χ4n) is 2.95. The summed E-state index contributed by atoms with van der Waals surface area (Å²) >= 11 is 1.62. The van der Waals surface area contributed by atoms with Gasteiger partial charge in [-0.1, -0.05) is 41.5 Å². The number of benzene rings is 1. The van der Waals surface area contributed by atoms with Gasteiger partial charge in [0.1, 0.15) is 16.8 Å². The van der Waals surface area contributed by atoms with E-state index < -0.39 is 0 Å². The summed E-state index contributed by atoms with van der Waals surface area (Å²) < 4.78 is 1.73. The normalized spacial score (nSPS) is 15.0. The molecule has 4 rings (SSSR count). The molecule has 2 heterocycles. The second-order valence-electron chi connectivity index (χ2n) is 6.00. The van der Waals surface area contributed by atoms with E-state index in [1.807, 2.05) is 6.07 Å². The van der Waals surface area contributed by atoms with Crippen molar-refractivity contribution in [1.29, 1.82) is 5.26 Å². The zero-order valence-corrected chi connectivity index (χ0v) is 13.4. The molecule has 3 aromatic rings. The van der Waals surface area contributed by atoms with Crippen LogP contribution in [0.3, 0.4) is 0 Å². The molecule has 1 aliphatic carbocycles. The molecule has 0 bridgehead atoms. The molecule has 0 aliphatic heterocycles. The third-order valence-corrected chi connectivity index (χ3v) is 5.49. The average molecular weight is 308 g/mol. The molecular weight excluding hydrogens is 292 g/mol. The number of fused-ring (bicyclic) bond motifs is 1. The lowest BCUT2D eigenvalue weighted by Crippen LogP contribution is -2.08. The van der Waals surface area contributed by atoms with Crippen LogP contribution in [0, 0.1) is 25.2 Å². The topological polar surface area (TPSA) is 54.0 Å². The van der Waals surface area contributed by atoms with E-state index in [0.717, 1.165) is 26.8 Å². The van der Waals surface area contributed by atoms with Crippen molar-refractivity contribution in [2.75, 3.05) is 0 Å². The molecule has 0 N–H and O–H groups in total. The van der Waals surface area contributed by atoms with Crippen molar-refractivity contribution in [3.63, 3.8) is 0 Å². The molecule has 1 fully saturated rings. The zero-order chi connectivity index (χ0) is 15.3. The van der Waals surface area contributed by atoms with E-state index in [4.69, 9.17) is 4.98 Å². The number of aryl methyl sites for hydroxylation is 2. The summed E-state index contributed by atoms with van der Waals surface area (Å²) in [6.07, 6.45) is 3.70. The van der Waals surface area contributed by atoms with Crippen LogP contribution >= 0.6 is 11.3 Å². The summed E-state index contributed by atoms with van der Waals surface area (Å²) in [5.41, 5.74) is 4.67. The van der Waals surface area contributed by atoms with Gasteiger partial charge in [0.25, 0.3) is 0 Å². The Morgan fingerprint density at radius 2 is 2.14 bits per heavy atom. The highest BCUT2D eigenvalue weighted by atomic mass is 32.1. The van der Waals surface area contributed by atoms with E-state index in [2.05, 4.69) is 37.1 Å². The SMILES string of the molecule is Cc1ccc(-c2nc3sc(C4CCC4)nn3c2C#N)c(C)c1. The minimum atomic E-state index is 0.545. The third-order valence-electron chi connectivity index (χ3n) is 4.42. The minimum Gasteiger partial charge on any atom is -0.216 e. The molecule has 4 nitrogen and oxygen atoms in total. The van der Waals surface area contributed by atoms with Gasteiger partial charge in [-0.2, -0.15) is 14.9 Å². The average Bonchev–Trinajstić information content (AvgIpc) is 2.93. The maximum atomic E-state index is 9.58. The van der Waals surface area contributed by atoms with E-state index in [-0.39, 0.29) is 0 Å². The molecule has 0 unspecified atom stereocenters. The van der Waals surface area contributed by atoms with Gasteiger partial charge in [0.2, 0.25) is 4.96 Å². The molecule has 0 spiro atoms. The van der Waals surface area contributed by atoms with Crippen molar-refractivity contribution in [1.82, 2.24) is 14.6 Å². The van der Waals surface area contributed by atoms with Gasteiger partial charge in [-0.15, -0.1) is 0 Å². The third kappa shape index (κ3) is 1.95. The predicted molar refractivity (Wildman–Crippen MR) is 87.1 cm³/mol. The first-order chi connectivity index (χ1) is 10.7. The molecule has 0 atom stereocenters. The Kier molecular flexibility index (Phi) is 3.02. The molecular formula is C17H16N4S. The van der Waals surface area contributed by atoms with Gasteiger partial charge in [0.05, 0.1) is 0 Å². The van der Waals surface area contributed by atoms with Crippen LogP contribution in [0.25, 0.3) is 16.2 Å². The molecule has 0 amide bonds. The molecule has 0 radical (unpaired) electrons. The van der Waals surface area contributed by atoms with Gasteiger partial charge in [-0.3, -0.25) is 0 Å². The van der Waals surface area contributed by atoms with E-state index in [0.29, 0.717) is 11.6 Å². The van der Waals surface area contributed by atoms with Gasteiger partial charge in [-0.05, 0) is 32.3 Å². The van der Waals surface area contributed by atoms with Gasteiger partial charge in [0.15, 0.2) is 5.69 Å². The van der Waals surface area contributed by atoms with Crippen LogP contribution in [-0.2, 0) is 0 Å². The predicted octanol–water partition coefficient (Wildman–Crippen LogP) is 4.21. The van der Waals surface area contributed by atoms with Crippen molar-refractivity contribution in [2.24, 2.45) is 0 Å². The second kappa shape index (κ2) is 4.92. The lowest BCUT2D eigenvalue weighted by atomic mass is 9.86. The highest BCUT2D eigenvalue weighted by Gasteiger charge is 2.26. The smallest absolute Gasteiger partial charge is 0.214 e. The van der Waals surface area contributed by atoms with Crippen molar-refractivity contribution in [2.45, 2.75) is 39.0 Å². The Morgan fingerprint density at radius 1 is 1.32 bits per heavy atom. The number of hydrogen-bond donors (Lipinski definition) is 0. The molecule has 1 aliphatic rings. The lowest BCUT2D eigenvalue weighted by Gasteiger charge is -2.21. The Hall–Kier alpha value is -2.19. The van der Waals surface area contributed by atoms with Gasteiger partial charge in [0, 0.05) is 11.5 Å². The van der Waals surface area contributed by atoms with E-state index in [9.17, 15) is 5.26 Å². The molecule has 0 saturated heterocycles. The fourth-order valence-corrected chi connectivity index (χ4v) is 4.02. The Morgan fingerprint density at radius 3 is 2.77 bits per heavy atom. The largest absolute Gasteiger partial charge is 0.216 e. The van der Waals surface area contributed by atoms with Gasteiger partial charge < -0.3 is 0 Å². The number of nitrogens with zero attached hydrogens (tertiary/aromatic N) is 4. The van der Waals surface area contributed by atoms with E-state index >= 15 is 0 Å². The van der Waals surface area contributed by atoms with Crippen molar-refractivity contribution >= 4 is 16.3 Å². The first-order valence-electron chi connectivity index (χ1n) is 7.54. The number of nitriles is 1.